The number of morpholine rings is 1. The fourth-order valence-electron chi connectivity index (χ4n) is 4.11. The molecular weight excluding hydrogens is 278 g/mol. The van der Waals surface area contributed by atoms with Gasteiger partial charge in [0.1, 0.15) is 0 Å². The highest BCUT2D eigenvalue weighted by atomic mass is 32.1. The van der Waals surface area contributed by atoms with Crippen molar-refractivity contribution >= 4 is 21.4 Å². The standard InChI is InChI=1S/C18H23NOS/c1-3-7-17(19-9-11-20-12-10-19)14(5-1)16-13-21-18-8-4-2-6-15(16)18/h2,4,6,8,13-14,17H,1,3,5,7,9-12H2. The van der Waals surface area contributed by atoms with E-state index in [0.29, 0.717) is 5.92 Å². The maximum absolute atomic E-state index is 5.55. The van der Waals surface area contributed by atoms with Crippen LogP contribution in [0.15, 0.2) is 29.6 Å². The Bertz CT molecular complexity index is 602. The summed E-state index contributed by atoms with van der Waals surface area (Å²) in [7, 11) is 0. The van der Waals surface area contributed by atoms with Gasteiger partial charge in [0, 0.05) is 29.7 Å². The van der Waals surface area contributed by atoms with Crippen LogP contribution in [-0.2, 0) is 4.74 Å². The van der Waals surface area contributed by atoms with Gasteiger partial charge in [0.15, 0.2) is 0 Å². The van der Waals surface area contributed by atoms with Crippen molar-refractivity contribution in [2.75, 3.05) is 26.3 Å². The summed E-state index contributed by atoms with van der Waals surface area (Å²) in [6, 6.07) is 9.64. The minimum atomic E-state index is 0.716. The molecule has 1 aromatic carbocycles. The van der Waals surface area contributed by atoms with Crippen molar-refractivity contribution in [1.82, 2.24) is 4.90 Å². The third-order valence-electron chi connectivity index (χ3n) is 5.15. The molecule has 2 fully saturated rings. The van der Waals surface area contributed by atoms with E-state index in [1.165, 1.54) is 35.8 Å². The molecule has 2 aromatic rings. The first-order chi connectivity index (χ1) is 10.4. The highest BCUT2D eigenvalue weighted by Gasteiger charge is 2.33. The van der Waals surface area contributed by atoms with Crippen LogP contribution in [0.3, 0.4) is 0 Å². The summed E-state index contributed by atoms with van der Waals surface area (Å²) in [6.45, 7) is 4.05. The molecule has 0 amide bonds. The summed E-state index contributed by atoms with van der Waals surface area (Å²) in [5, 5.41) is 3.92. The van der Waals surface area contributed by atoms with Crippen LogP contribution in [0.5, 0.6) is 0 Å². The van der Waals surface area contributed by atoms with Crippen LogP contribution in [0, 0.1) is 0 Å². The number of nitrogens with zero attached hydrogens (tertiary/aromatic N) is 1. The minimum Gasteiger partial charge on any atom is -0.379 e. The van der Waals surface area contributed by atoms with Gasteiger partial charge in [0.2, 0.25) is 0 Å². The summed E-state index contributed by atoms with van der Waals surface area (Å²) in [5.41, 5.74) is 1.60. The lowest BCUT2D eigenvalue weighted by Crippen LogP contribution is -2.47. The van der Waals surface area contributed by atoms with Gasteiger partial charge in [0.25, 0.3) is 0 Å². The van der Waals surface area contributed by atoms with Gasteiger partial charge >= 0.3 is 0 Å². The van der Waals surface area contributed by atoms with Gasteiger partial charge in [-0.05, 0) is 35.2 Å². The van der Waals surface area contributed by atoms with Crippen molar-refractivity contribution in [1.29, 1.82) is 0 Å². The maximum atomic E-state index is 5.55. The predicted molar refractivity (Wildman–Crippen MR) is 89.2 cm³/mol. The van der Waals surface area contributed by atoms with Crippen molar-refractivity contribution in [3.63, 3.8) is 0 Å². The predicted octanol–water partition coefficient (Wildman–Crippen LogP) is 4.26. The van der Waals surface area contributed by atoms with E-state index in [2.05, 4.69) is 34.5 Å². The number of fused-ring (bicyclic) bond motifs is 1. The zero-order chi connectivity index (χ0) is 14.1. The Labute approximate surface area is 130 Å². The Hall–Kier alpha value is -0.900. The number of benzene rings is 1. The lowest BCUT2D eigenvalue weighted by atomic mass is 9.79. The van der Waals surface area contributed by atoms with E-state index in [4.69, 9.17) is 4.74 Å². The summed E-state index contributed by atoms with van der Waals surface area (Å²) >= 11 is 1.91. The average Bonchev–Trinajstić information content (AvgIpc) is 3.00. The van der Waals surface area contributed by atoms with Crippen LogP contribution < -0.4 is 0 Å². The fraction of sp³-hybridized carbons (Fsp3) is 0.556. The number of rotatable bonds is 2. The second-order valence-electron chi connectivity index (χ2n) is 6.29. The molecule has 3 heteroatoms. The normalized spacial score (nSPS) is 28.0. The second-order valence-corrected chi connectivity index (χ2v) is 7.21. The van der Waals surface area contributed by atoms with Crippen LogP contribution in [0.1, 0.15) is 37.2 Å². The first-order valence-electron chi connectivity index (χ1n) is 8.21. The molecule has 0 bridgehead atoms. The minimum absolute atomic E-state index is 0.716. The molecule has 1 aromatic heterocycles. The molecule has 112 valence electrons. The molecule has 1 aliphatic heterocycles. The molecule has 2 nitrogen and oxygen atoms in total. The molecule has 2 unspecified atom stereocenters. The Morgan fingerprint density at radius 3 is 2.76 bits per heavy atom. The summed E-state index contributed by atoms with van der Waals surface area (Å²) < 4.78 is 6.99. The number of hydrogen-bond donors (Lipinski definition) is 0. The second kappa shape index (κ2) is 6.07. The van der Waals surface area contributed by atoms with Crippen molar-refractivity contribution < 1.29 is 4.74 Å². The van der Waals surface area contributed by atoms with Gasteiger partial charge in [-0.1, -0.05) is 31.0 Å². The van der Waals surface area contributed by atoms with E-state index < -0.39 is 0 Å². The third kappa shape index (κ3) is 2.63. The molecule has 2 heterocycles. The van der Waals surface area contributed by atoms with E-state index in [1.54, 1.807) is 5.56 Å². The largest absolute Gasteiger partial charge is 0.379 e. The summed E-state index contributed by atoms with van der Waals surface area (Å²) in [5.74, 6) is 0.716. The Morgan fingerprint density at radius 1 is 1.05 bits per heavy atom. The monoisotopic (exact) mass is 301 g/mol. The lowest BCUT2D eigenvalue weighted by Gasteiger charge is -2.41. The Kier molecular flexibility index (Phi) is 3.97. The maximum Gasteiger partial charge on any atom is 0.0594 e. The van der Waals surface area contributed by atoms with Crippen LogP contribution in [0.2, 0.25) is 0 Å². The SMILES string of the molecule is c1ccc2c(C3CCCCC3N3CCOCC3)csc2c1. The molecule has 4 rings (SSSR count). The fourth-order valence-corrected chi connectivity index (χ4v) is 5.13. The molecule has 21 heavy (non-hydrogen) atoms. The molecule has 1 aliphatic carbocycles. The van der Waals surface area contributed by atoms with Crippen LogP contribution >= 0.6 is 11.3 Å². The van der Waals surface area contributed by atoms with Crippen molar-refractivity contribution in [3.05, 3.63) is 35.2 Å². The molecule has 2 atom stereocenters. The van der Waals surface area contributed by atoms with Gasteiger partial charge in [0.05, 0.1) is 13.2 Å². The summed E-state index contributed by atoms with van der Waals surface area (Å²) in [6.07, 6.45) is 5.48. The van der Waals surface area contributed by atoms with E-state index in [9.17, 15) is 0 Å². The number of ether oxygens (including phenoxy) is 1. The molecule has 2 aliphatic rings. The smallest absolute Gasteiger partial charge is 0.0594 e. The van der Waals surface area contributed by atoms with Crippen LogP contribution in [0.4, 0.5) is 0 Å². The van der Waals surface area contributed by atoms with Gasteiger partial charge in [-0.15, -0.1) is 11.3 Å². The number of thiophene rings is 1. The van der Waals surface area contributed by atoms with Gasteiger partial charge in [-0.3, -0.25) is 4.90 Å². The van der Waals surface area contributed by atoms with E-state index >= 15 is 0 Å². The van der Waals surface area contributed by atoms with Crippen LogP contribution in [0.25, 0.3) is 10.1 Å². The molecule has 1 saturated heterocycles. The van der Waals surface area contributed by atoms with E-state index in [-0.39, 0.29) is 0 Å². The first-order valence-corrected chi connectivity index (χ1v) is 9.09. The Balaban J connectivity index is 1.67. The van der Waals surface area contributed by atoms with Crippen LogP contribution in [-0.4, -0.2) is 37.2 Å². The average molecular weight is 301 g/mol. The summed E-state index contributed by atoms with van der Waals surface area (Å²) in [4.78, 5) is 2.69. The highest BCUT2D eigenvalue weighted by Crippen LogP contribution is 2.41. The zero-order valence-electron chi connectivity index (χ0n) is 12.5. The number of hydrogen-bond acceptors (Lipinski definition) is 3. The van der Waals surface area contributed by atoms with E-state index in [0.717, 1.165) is 32.3 Å². The Morgan fingerprint density at radius 2 is 1.86 bits per heavy atom. The highest BCUT2D eigenvalue weighted by molar-refractivity contribution is 7.17. The van der Waals surface area contributed by atoms with Gasteiger partial charge in [-0.25, -0.2) is 0 Å². The van der Waals surface area contributed by atoms with Crippen molar-refractivity contribution in [2.45, 2.75) is 37.6 Å². The molecule has 0 N–H and O–H groups in total. The first kappa shape index (κ1) is 13.7. The van der Waals surface area contributed by atoms with Crippen molar-refractivity contribution in [2.24, 2.45) is 0 Å². The van der Waals surface area contributed by atoms with Gasteiger partial charge < -0.3 is 4.74 Å². The zero-order valence-corrected chi connectivity index (χ0v) is 13.3. The molecular formula is C18H23NOS. The quantitative estimate of drug-likeness (QED) is 0.822. The molecule has 0 spiro atoms. The van der Waals surface area contributed by atoms with Gasteiger partial charge in [-0.2, -0.15) is 0 Å². The van der Waals surface area contributed by atoms with E-state index in [1.807, 2.05) is 11.3 Å². The third-order valence-corrected chi connectivity index (χ3v) is 6.14. The molecule has 0 radical (unpaired) electrons. The molecule has 1 saturated carbocycles. The topological polar surface area (TPSA) is 12.5 Å². The lowest BCUT2D eigenvalue weighted by molar-refractivity contribution is 0.00303. The van der Waals surface area contributed by atoms with Crippen molar-refractivity contribution in [3.8, 4) is 0 Å².